The molecule has 2 unspecified atom stereocenters. The number of rotatable bonds is 6. The Morgan fingerprint density at radius 3 is 1.41 bits per heavy atom. The van der Waals surface area contributed by atoms with Gasteiger partial charge in [0.1, 0.15) is 25.4 Å². The fourth-order valence-corrected chi connectivity index (χ4v) is 3.72. The lowest BCUT2D eigenvalue weighted by molar-refractivity contribution is 0.0784. The molecule has 3 aromatic rings. The van der Waals surface area contributed by atoms with E-state index in [1.807, 2.05) is 48.5 Å². The van der Waals surface area contributed by atoms with Gasteiger partial charge >= 0.3 is 0 Å². The van der Waals surface area contributed by atoms with Gasteiger partial charge in [0.15, 0.2) is 23.0 Å². The van der Waals surface area contributed by atoms with E-state index in [0.717, 1.165) is 0 Å². The van der Waals surface area contributed by atoms with Gasteiger partial charge in [-0.15, -0.1) is 0 Å². The molecule has 8 heteroatoms. The molecule has 2 amide bonds. The van der Waals surface area contributed by atoms with E-state index in [9.17, 15) is 9.59 Å². The molecule has 3 aromatic carbocycles. The molecule has 2 aliphatic rings. The molecule has 0 saturated heterocycles. The van der Waals surface area contributed by atoms with Gasteiger partial charge in [0.25, 0.3) is 11.8 Å². The Labute approximate surface area is 196 Å². The van der Waals surface area contributed by atoms with Crippen molar-refractivity contribution < 1.29 is 28.5 Å². The molecule has 0 aromatic heterocycles. The van der Waals surface area contributed by atoms with Gasteiger partial charge in [0, 0.05) is 11.1 Å². The van der Waals surface area contributed by atoms with Crippen LogP contribution in [0.2, 0.25) is 0 Å². The molecule has 0 bridgehead atoms. The predicted octanol–water partition coefficient (Wildman–Crippen LogP) is 2.83. The van der Waals surface area contributed by atoms with Crippen molar-refractivity contribution in [1.29, 1.82) is 0 Å². The quantitative estimate of drug-likeness (QED) is 0.588. The van der Waals surface area contributed by atoms with Crippen LogP contribution in [-0.4, -0.2) is 50.3 Å². The van der Waals surface area contributed by atoms with Crippen LogP contribution < -0.4 is 29.6 Å². The minimum absolute atomic E-state index is 0.249. The van der Waals surface area contributed by atoms with Gasteiger partial charge in [-0.25, -0.2) is 0 Å². The lowest BCUT2D eigenvalue weighted by atomic mass is 10.1. The predicted molar refractivity (Wildman–Crippen MR) is 124 cm³/mol. The highest BCUT2D eigenvalue weighted by atomic mass is 16.6. The first-order chi connectivity index (χ1) is 16.7. The minimum atomic E-state index is -0.276. The summed E-state index contributed by atoms with van der Waals surface area (Å²) in [5.41, 5.74) is 0.906. The summed E-state index contributed by atoms with van der Waals surface area (Å²) >= 11 is 0. The molecule has 2 heterocycles. The van der Waals surface area contributed by atoms with E-state index in [2.05, 4.69) is 10.6 Å². The third kappa shape index (κ3) is 4.91. The zero-order valence-corrected chi connectivity index (χ0v) is 18.4. The van der Waals surface area contributed by atoms with Crippen molar-refractivity contribution in [3.05, 3.63) is 83.9 Å². The summed E-state index contributed by atoms with van der Waals surface area (Å²) in [6.45, 7) is 1.33. The first-order valence-corrected chi connectivity index (χ1v) is 11.1. The molecule has 8 nitrogen and oxygen atoms in total. The van der Waals surface area contributed by atoms with Crippen molar-refractivity contribution >= 4 is 11.8 Å². The van der Waals surface area contributed by atoms with Crippen LogP contribution in [0.25, 0.3) is 0 Å². The highest BCUT2D eigenvalue weighted by Gasteiger charge is 2.22. The molecule has 2 aliphatic heterocycles. The van der Waals surface area contributed by atoms with E-state index in [0.29, 0.717) is 60.4 Å². The number of amides is 2. The van der Waals surface area contributed by atoms with E-state index in [4.69, 9.17) is 18.9 Å². The maximum absolute atomic E-state index is 12.5. The summed E-state index contributed by atoms with van der Waals surface area (Å²) in [6.07, 6.45) is -0.552. The smallest absolute Gasteiger partial charge is 0.251 e. The number of carbonyl (C=O) groups excluding carboxylic acids is 2. The van der Waals surface area contributed by atoms with E-state index < -0.39 is 0 Å². The first kappa shape index (κ1) is 21.6. The molecule has 0 saturated carbocycles. The van der Waals surface area contributed by atoms with Gasteiger partial charge in [-0.3, -0.25) is 9.59 Å². The second-order valence-corrected chi connectivity index (χ2v) is 7.99. The molecule has 0 aliphatic carbocycles. The first-order valence-electron chi connectivity index (χ1n) is 11.1. The van der Waals surface area contributed by atoms with E-state index in [-0.39, 0.29) is 24.0 Å². The Balaban J connectivity index is 1.09. The molecular formula is C26H24N2O6. The molecule has 34 heavy (non-hydrogen) atoms. The lowest BCUT2D eigenvalue weighted by Gasteiger charge is -2.26. The van der Waals surface area contributed by atoms with Crippen molar-refractivity contribution in [2.24, 2.45) is 0 Å². The highest BCUT2D eigenvalue weighted by Crippen LogP contribution is 2.31. The van der Waals surface area contributed by atoms with E-state index in [1.165, 1.54) is 0 Å². The fourth-order valence-electron chi connectivity index (χ4n) is 3.72. The maximum atomic E-state index is 12.5. The Hall–Kier alpha value is -4.20. The summed E-state index contributed by atoms with van der Waals surface area (Å²) in [5.74, 6) is 2.23. The van der Waals surface area contributed by atoms with Crippen LogP contribution in [0.4, 0.5) is 0 Å². The van der Waals surface area contributed by atoms with Crippen LogP contribution in [0.3, 0.4) is 0 Å². The third-order valence-electron chi connectivity index (χ3n) is 5.52. The molecule has 0 spiro atoms. The van der Waals surface area contributed by atoms with Crippen molar-refractivity contribution in [3.8, 4) is 23.0 Å². The standard InChI is InChI=1S/C26H24N2O6/c29-25(27-13-19-15-31-21-5-1-3-7-23(21)33-19)17-9-11-18(12-10-17)26(30)28-14-20-16-32-22-6-2-4-8-24(22)34-20/h1-12,19-20H,13-16H2,(H,27,29)(H,28,30). The summed E-state index contributed by atoms with van der Waals surface area (Å²) in [5, 5.41) is 5.70. The average molecular weight is 460 g/mol. The Kier molecular flexibility index (Phi) is 6.20. The summed E-state index contributed by atoms with van der Waals surface area (Å²) in [4.78, 5) is 25.0. The summed E-state index contributed by atoms with van der Waals surface area (Å²) < 4.78 is 23.0. The van der Waals surface area contributed by atoms with Crippen molar-refractivity contribution in [2.45, 2.75) is 12.2 Å². The van der Waals surface area contributed by atoms with Crippen LogP contribution in [0.5, 0.6) is 23.0 Å². The van der Waals surface area contributed by atoms with Gasteiger partial charge in [-0.05, 0) is 48.5 Å². The zero-order chi connectivity index (χ0) is 23.3. The van der Waals surface area contributed by atoms with Crippen LogP contribution in [0.15, 0.2) is 72.8 Å². The number of nitrogens with one attached hydrogen (secondary N) is 2. The number of hydrogen-bond donors (Lipinski definition) is 2. The van der Waals surface area contributed by atoms with Gasteiger partial charge < -0.3 is 29.6 Å². The maximum Gasteiger partial charge on any atom is 0.251 e. The number of benzene rings is 3. The monoisotopic (exact) mass is 460 g/mol. The van der Waals surface area contributed by atoms with Crippen LogP contribution in [0, 0.1) is 0 Å². The van der Waals surface area contributed by atoms with Crippen LogP contribution >= 0.6 is 0 Å². The summed E-state index contributed by atoms with van der Waals surface area (Å²) in [6, 6.07) is 21.3. The fraction of sp³-hybridized carbons (Fsp3) is 0.231. The number of fused-ring (bicyclic) bond motifs is 2. The molecule has 0 radical (unpaired) electrons. The second-order valence-electron chi connectivity index (χ2n) is 7.99. The Morgan fingerprint density at radius 2 is 1.00 bits per heavy atom. The average Bonchev–Trinajstić information content (AvgIpc) is 2.90. The topological polar surface area (TPSA) is 95.1 Å². The van der Waals surface area contributed by atoms with Gasteiger partial charge in [0.05, 0.1) is 13.1 Å². The molecule has 2 atom stereocenters. The largest absolute Gasteiger partial charge is 0.486 e. The van der Waals surface area contributed by atoms with Gasteiger partial charge in [0.2, 0.25) is 0 Å². The van der Waals surface area contributed by atoms with Gasteiger partial charge in [-0.2, -0.15) is 0 Å². The number of hydrogen-bond acceptors (Lipinski definition) is 6. The third-order valence-corrected chi connectivity index (χ3v) is 5.52. The van der Waals surface area contributed by atoms with Gasteiger partial charge in [-0.1, -0.05) is 24.3 Å². The number of ether oxygens (including phenoxy) is 4. The van der Waals surface area contributed by atoms with Crippen LogP contribution in [-0.2, 0) is 0 Å². The Bertz CT molecular complexity index is 1090. The molecular weight excluding hydrogens is 436 g/mol. The summed E-state index contributed by atoms with van der Waals surface area (Å²) in [7, 11) is 0. The molecule has 5 rings (SSSR count). The Morgan fingerprint density at radius 1 is 0.618 bits per heavy atom. The van der Waals surface area contributed by atoms with Crippen LogP contribution in [0.1, 0.15) is 20.7 Å². The highest BCUT2D eigenvalue weighted by molar-refractivity contribution is 5.97. The normalized spacial score (nSPS) is 18.0. The molecule has 174 valence electrons. The van der Waals surface area contributed by atoms with Crippen molar-refractivity contribution in [1.82, 2.24) is 10.6 Å². The van der Waals surface area contributed by atoms with E-state index in [1.54, 1.807) is 24.3 Å². The lowest BCUT2D eigenvalue weighted by Crippen LogP contribution is -2.41. The van der Waals surface area contributed by atoms with E-state index >= 15 is 0 Å². The van der Waals surface area contributed by atoms with Crippen molar-refractivity contribution in [3.63, 3.8) is 0 Å². The minimum Gasteiger partial charge on any atom is -0.486 e. The SMILES string of the molecule is O=C(NCC1COc2ccccc2O1)c1ccc(C(=O)NCC2COc3ccccc3O2)cc1. The number of para-hydroxylation sites is 4. The molecule has 2 N–H and O–H groups in total. The number of carbonyl (C=O) groups is 2. The second kappa shape index (κ2) is 9.74. The zero-order valence-electron chi connectivity index (χ0n) is 18.4. The molecule has 0 fully saturated rings. The van der Waals surface area contributed by atoms with Crippen molar-refractivity contribution in [2.75, 3.05) is 26.3 Å².